The van der Waals surface area contributed by atoms with Crippen LogP contribution in [0.1, 0.15) is 11.1 Å². The first-order valence-electron chi connectivity index (χ1n) is 7.24. The molecule has 1 aliphatic heterocycles. The van der Waals surface area contributed by atoms with Gasteiger partial charge in [0.15, 0.2) is 0 Å². The van der Waals surface area contributed by atoms with Gasteiger partial charge in [0.25, 0.3) is 0 Å². The van der Waals surface area contributed by atoms with Crippen molar-refractivity contribution in [1.82, 2.24) is 9.97 Å². The van der Waals surface area contributed by atoms with E-state index in [0.717, 1.165) is 25.3 Å². The molecule has 0 radical (unpaired) electrons. The molecule has 3 rings (SSSR count). The minimum Gasteiger partial charge on any atom is -0.383 e. The van der Waals surface area contributed by atoms with Crippen molar-refractivity contribution >= 4 is 11.8 Å². The standard InChI is InChI=1S/C16H20N4O/c1-21-11-9-18-16-17-8-6-15(19-16)20-10-7-13-4-2-3-5-14(13)12-20/h2-6,8H,7,9-12H2,1H3,(H,17,18,19). The average Bonchev–Trinajstić information content (AvgIpc) is 2.55. The SMILES string of the molecule is COCCNc1nccc(N2CCc3ccccc3C2)n1. The number of aromatic nitrogens is 2. The highest BCUT2D eigenvalue weighted by atomic mass is 16.5. The summed E-state index contributed by atoms with van der Waals surface area (Å²) < 4.78 is 5.02. The van der Waals surface area contributed by atoms with Gasteiger partial charge < -0.3 is 15.0 Å². The summed E-state index contributed by atoms with van der Waals surface area (Å²) in [5.74, 6) is 1.63. The molecule has 0 aliphatic carbocycles. The Bertz CT molecular complexity index is 602. The minimum absolute atomic E-state index is 0.644. The maximum atomic E-state index is 5.02. The molecule has 1 N–H and O–H groups in total. The Morgan fingerprint density at radius 1 is 1.24 bits per heavy atom. The Morgan fingerprint density at radius 2 is 2.10 bits per heavy atom. The third-order valence-electron chi connectivity index (χ3n) is 3.68. The van der Waals surface area contributed by atoms with Crippen LogP contribution >= 0.6 is 0 Å². The van der Waals surface area contributed by atoms with Crippen molar-refractivity contribution in [3.05, 3.63) is 47.7 Å². The second kappa shape index (κ2) is 6.54. The van der Waals surface area contributed by atoms with Gasteiger partial charge >= 0.3 is 0 Å². The summed E-state index contributed by atoms with van der Waals surface area (Å²) in [6, 6.07) is 10.6. The molecule has 0 amide bonds. The highest BCUT2D eigenvalue weighted by Gasteiger charge is 2.17. The second-order valence-corrected chi connectivity index (χ2v) is 5.10. The number of rotatable bonds is 5. The summed E-state index contributed by atoms with van der Waals surface area (Å²) in [5.41, 5.74) is 2.83. The predicted octanol–water partition coefficient (Wildman–Crippen LogP) is 2.10. The van der Waals surface area contributed by atoms with Gasteiger partial charge in [-0.2, -0.15) is 4.98 Å². The zero-order valence-corrected chi connectivity index (χ0v) is 12.2. The molecule has 110 valence electrons. The zero-order chi connectivity index (χ0) is 14.5. The Balaban J connectivity index is 1.71. The molecule has 0 saturated heterocycles. The van der Waals surface area contributed by atoms with Crippen LogP contribution in [0.5, 0.6) is 0 Å². The Labute approximate surface area is 125 Å². The van der Waals surface area contributed by atoms with E-state index in [4.69, 9.17) is 4.74 Å². The van der Waals surface area contributed by atoms with Crippen LogP contribution in [0.15, 0.2) is 36.5 Å². The smallest absolute Gasteiger partial charge is 0.224 e. The van der Waals surface area contributed by atoms with Crippen LogP contribution in [-0.4, -0.2) is 36.8 Å². The summed E-state index contributed by atoms with van der Waals surface area (Å²) in [5, 5.41) is 3.17. The molecule has 5 nitrogen and oxygen atoms in total. The molecule has 0 bridgehead atoms. The summed E-state index contributed by atoms with van der Waals surface area (Å²) in [4.78, 5) is 11.1. The molecule has 2 aromatic rings. The lowest BCUT2D eigenvalue weighted by Crippen LogP contribution is -2.31. The molecular weight excluding hydrogens is 264 g/mol. The second-order valence-electron chi connectivity index (χ2n) is 5.10. The number of ether oxygens (including phenoxy) is 1. The van der Waals surface area contributed by atoms with Crippen LogP contribution in [0.4, 0.5) is 11.8 Å². The van der Waals surface area contributed by atoms with Gasteiger partial charge in [-0.3, -0.25) is 0 Å². The monoisotopic (exact) mass is 284 g/mol. The van der Waals surface area contributed by atoms with Gasteiger partial charge in [-0.15, -0.1) is 0 Å². The van der Waals surface area contributed by atoms with E-state index in [9.17, 15) is 0 Å². The molecule has 21 heavy (non-hydrogen) atoms. The van der Waals surface area contributed by atoms with Crippen LogP contribution in [0.3, 0.4) is 0 Å². The van der Waals surface area contributed by atoms with Crippen LogP contribution in [0, 0.1) is 0 Å². The normalized spacial score (nSPS) is 13.9. The topological polar surface area (TPSA) is 50.3 Å². The first-order chi connectivity index (χ1) is 10.4. The Morgan fingerprint density at radius 3 is 2.95 bits per heavy atom. The highest BCUT2D eigenvalue weighted by Crippen LogP contribution is 2.23. The van der Waals surface area contributed by atoms with Crippen molar-refractivity contribution in [3.8, 4) is 0 Å². The van der Waals surface area contributed by atoms with Gasteiger partial charge in [0, 0.05) is 32.9 Å². The number of anilines is 2. The predicted molar refractivity (Wildman–Crippen MR) is 83.6 cm³/mol. The van der Waals surface area contributed by atoms with Gasteiger partial charge in [0.05, 0.1) is 6.61 Å². The fourth-order valence-corrected chi connectivity index (χ4v) is 2.57. The van der Waals surface area contributed by atoms with E-state index >= 15 is 0 Å². The van der Waals surface area contributed by atoms with E-state index in [1.807, 2.05) is 6.07 Å². The zero-order valence-electron chi connectivity index (χ0n) is 12.2. The first kappa shape index (κ1) is 13.8. The lowest BCUT2D eigenvalue weighted by atomic mass is 10.00. The number of methoxy groups -OCH3 is 1. The van der Waals surface area contributed by atoms with E-state index in [0.29, 0.717) is 19.1 Å². The molecule has 0 unspecified atom stereocenters. The van der Waals surface area contributed by atoms with Crippen molar-refractivity contribution in [1.29, 1.82) is 0 Å². The quantitative estimate of drug-likeness (QED) is 0.852. The van der Waals surface area contributed by atoms with Gasteiger partial charge in [0.1, 0.15) is 5.82 Å². The van der Waals surface area contributed by atoms with Crippen molar-refractivity contribution in [3.63, 3.8) is 0 Å². The van der Waals surface area contributed by atoms with Gasteiger partial charge in [0.2, 0.25) is 5.95 Å². The lowest BCUT2D eigenvalue weighted by molar-refractivity contribution is 0.210. The highest BCUT2D eigenvalue weighted by molar-refractivity contribution is 5.46. The van der Waals surface area contributed by atoms with Gasteiger partial charge in [-0.05, 0) is 23.6 Å². The Kier molecular flexibility index (Phi) is 4.31. The lowest BCUT2D eigenvalue weighted by Gasteiger charge is -2.29. The van der Waals surface area contributed by atoms with E-state index in [2.05, 4.69) is 44.5 Å². The number of hydrogen-bond donors (Lipinski definition) is 1. The number of fused-ring (bicyclic) bond motifs is 1. The molecule has 1 aliphatic rings. The number of benzene rings is 1. The van der Waals surface area contributed by atoms with Crippen LogP contribution < -0.4 is 10.2 Å². The number of nitrogens with one attached hydrogen (secondary N) is 1. The summed E-state index contributed by atoms with van der Waals surface area (Å²) >= 11 is 0. The van der Waals surface area contributed by atoms with Crippen molar-refractivity contribution in [2.45, 2.75) is 13.0 Å². The van der Waals surface area contributed by atoms with E-state index in [1.54, 1.807) is 13.3 Å². The largest absolute Gasteiger partial charge is 0.383 e. The third-order valence-corrected chi connectivity index (χ3v) is 3.68. The van der Waals surface area contributed by atoms with E-state index in [1.165, 1.54) is 11.1 Å². The Hall–Kier alpha value is -2.14. The average molecular weight is 284 g/mol. The van der Waals surface area contributed by atoms with Crippen LogP contribution in [-0.2, 0) is 17.7 Å². The van der Waals surface area contributed by atoms with Crippen molar-refractivity contribution in [2.75, 3.05) is 37.0 Å². The molecule has 0 fully saturated rings. The molecule has 1 aromatic heterocycles. The fourth-order valence-electron chi connectivity index (χ4n) is 2.57. The van der Waals surface area contributed by atoms with E-state index < -0.39 is 0 Å². The van der Waals surface area contributed by atoms with Gasteiger partial charge in [-0.1, -0.05) is 24.3 Å². The first-order valence-corrected chi connectivity index (χ1v) is 7.24. The number of hydrogen-bond acceptors (Lipinski definition) is 5. The molecule has 1 aromatic carbocycles. The third kappa shape index (κ3) is 3.31. The summed E-state index contributed by atoms with van der Waals surface area (Å²) in [7, 11) is 1.68. The molecule has 5 heteroatoms. The maximum Gasteiger partial charge on any atom is 0.224 e. The minimum atomic E-state index is 0.644. The molecule has 0 spiro atoms. The molecule has 0 atom stereocenters. The van der Waals surface area contributed by atoms with Crippen molar-refractivity contribution in [2.24, 2.45) is 0 Å². The maximum absolute atomic E-state index is 5.02. The van der Waals surface area contributed by atoms with Gasteiger partial charge in [-0.25, -0.2) is 4.98 Å². The van der Waals surface area contributed by atoms with Crippen molar-refractivity contribution < 1.29 is 4.74 Å². The number of nitrogens with zero attached hydrogens (tertiary/aromatic N) is 3. The molecular formula is C16H20N4O. The summed E-state index contributed by atoms with van der Waals surface area (Å²) in [6.07, 6.45) is 2.87. The van der Waals surface area contributed by atoms with Crippen LogP contribution in [0.25, 0.3) is 0 Å². The summed E-state index contributed by atoms with van der Waals surface area (Å²) in [6.45, 7) is 3.25. The van der Waals surface area contributed by atoms with E-state index in [-0.39, 0.29) is 0 Å². The molecule has 0 saturated carbocycles. The molecule has 2 heterocycles. The van der Waals surface area contributed by atoms with Crippen LogP contribution in [0.2, 0.25) is 0 Å². The fraction of sp³-hybridized carbons (Fsp3) is 0.375.